The molecule has 0 fully saturated rings. The molecule has 136 valence electrons. The van der Waals surface area contributed by atoms with Crippen molar-refractivity contribution >= 4 is 33.0 Å². The lowest BCUT2D eigenvalue weighted by Gasteiger charge is -2.25. The Balaban J connectivity index is 2.44. The van der Waals surface area contributed by atoms with Crippen molar-refractivity contribution in [3.8, 4) is 5.75 Å². The van der Waals surface area contributed by atoms with E-state index in [1.54, 1.807) is 35.7 Å². The number of benzene rings is 1. The van der Waals surface area contributed by atoms with Gasteiger partial charge in [0.25, 0.3) is 10.0 Å². The van der Waals surface area contributed by atoms with Crippen molar-refractivity contribution in [1.29, 1.82) is 0 Å². The predicted molar refractivity (Wildman–Crippen MR) is 99.7 cm³/mol. The number of anilines is 1. The summed E-state index contributed by atoms with van der Waals surface area (Å²) in [5.74, 6) is 0.0272. The summed E-state index contributed by atoms with van der Waals surface area (Å²) in [6, 6.07) is 9.90. The Labute approximate surface area is 152 Å². The van der Waals surface area contributed by atoms with Gasteiger partial charge in [0, 0.05) is 6.04 Å². The molecule has 0 aliphatic heterocycles. The number of ether oxygens (including phenoxy) is 1. The minimum Gasteiger partial charge on any atom is -0.495 e. The third-order valence-corrected chi connectivity index (χ3v) is 6.83. The molecule has 25 heavy (non-hydrogen) atoms. The molecule has 6 nitrogen and oxygen atoms in total. The lowest BCUT2D eigenvalue weighted by Crippen LogP contribution is -2.43. The molecule has 0 bridgehead atoms. The highest BCUT2D eigenvalue weighted by molar-refractivity contribution is 7.94. The number of hydrogen-bond donors (Lipinski definition) is 1. The van der Waals surface area contributed by atoms with Gasteiger partial charge in [0.1, 0.15) is 16.5 Å². The Morgan fingerprint density at radius 1 is 1.28 bits per heavy atom. The van der Waals surface area contributed by atoms with Crippen LogP contribution in [-0.4, -0.2) is 34.0 Å². The number of hydrogen-bond acceptors (Lipinski definition) is 5. The first-order valence-corrected chi connectivity index (χ1v) is 10.2. The normalized spacial score (nSPS) is 12.4. The van der Waals surface area contributed by atoms with Gasteiger partial charge in [0.15, 0.2) is 0 Å². The average molecular weight is 383 g/mol. The second-order valence-corrected chi connectivity index (χ2v) is 8.53. The zero-order valence-corrected chi connectivity index (χ0v) is 16.1. The Bertz CT molecular complexity index is 804. The molecule has 0 saturated carbocycles. The zero-order chi connectivity index (χ0) is 18.4. The molecule has 0 saturated heterocycles. The van der Waals surface area contributed by atoms with Crippen LogP contribution in [0.25, 0.3) is 0 Å². The van der Waals surface area contributed by atoms with Crippen molar-refractivity contribution in [3.05, 3.63) is 41.8 Å². The summed E-state index contributed by atoms with van der Waals surface area (Å²) in [6.45, 7) is 3.51. The Kier molecular flexibility index (Phi) is 6.44. The van der Waals surface area contributed by atoms with Crippen molar-refractivity contribution in [2.24, 2.45) is 0 Å². The molecule has 0 spiro atoms. The molecule has 0 aliphatic carbocycles. The number of amides is 1. The van der Waals surface area contributed by atoms with E-state index in [1.807, 2.05) is 13.8 Å². The summed E-state index contributed by atoms with van der Waals surface area (Å²) in [4.78, 5) is 12.4. The largest absolute Gasteiger partial charge is 0.495 e. The van der Waals surface area contributed by atoms with E-state index in [9.17, 15) is 13.2 Å². The van der Waals surface area contributed by atoms with E-state index in [-0.39, 0.29) is 22.7 Å². The average Bonchev–Trinajstić information content (AvgIpc) is 3.15. The first-order chi connectivity index (χ1) is 11.9. The van der Waals surface area contributed by atoms with Gasteiger partial charge in [-0.15, -0.1) is 11.3 Å². The second-order valence-electron chi connectivity index (χ2n) is 5.49. The van der Waals surface area contributed by atoms with Crippen LogP contribution in [0, 0.1) is 0 Å². The van der Waals surface area contributed by atoms with Crippen molar-refractivity contribution in [2.75, 3.05) is 18.0 Å². The Morgan fingerprint density at radius 2 is 2.00 bits per heavy atom. The fraction of sp³-hybridized carbons (Fsp3) is 0.353. The molecular weight excluding hydrogens is 360 g/mol. The summed E-state index contributed by atoms with van der Waals surface area (Å²) in [5.41, 5.74) is 0.331. The van der Waals surface area contributed by atoms with E-state index in [0.29, 0.717) is 11.4 Å². The van der Waals surface area contributed by atoms with E-state index in [1.165, 1.54) is 13.2 Å². The SMILES string of the molecule is CC[C@@H](C)NC(=O)CN(c1ccccc1OC)S(=O)(=O)c1cccs1. The quantitative estimate of drug-likeness (QED) is 0.762. The Morgan fingerprint density at radius 3 is 2.60 bits per heavy atom. The van der Waals surface area contributed by atoms with Gasteiger partial charge in [0.2, 0.25) is 5.91 Å². The summed E-state index contributed by atoms with van der Waals surface area (Å²) in [7, 11) is -2.40. The van der Waals surface area contributed by atoms with Crippen molar-refractivity contribution in [3.63, 3.8) is 0 Å². The molecule has 1 N–H and O–H groups in total. The third-order valence-electron chi connectivity index (χ3n) is 3.70. The molecule has 1 aromatic heterocycles. The van der Waals surface area contributed by atoms with Crippen LogP contribution < -0.4 is 14.4 Å². The molecule has 1 atom stereocenters. The van der Waals surface area contributed by atoms with Gasteiger partial charge in [-0.2, -0.15) is 0 Å². The molecule has 2 rings (SSSR count). The van der Waals surface area contributed by atoms with Crippen LogP contribution in [0.3, 0.4) is 0 Å². The van der Waals surface area contributed by atoms with Crippen LogP contribution >= 0.6 is 11.3 Å². The number of methoxy groups -OCH3 is 1. The topological polar surface area (TPSA) is 75.7 Å². The highest BCUT2D eigenvalue weighted by Gasteiger charge is 2.30. The van der Waals surface area contributed by atoms with E-state index in [4.69, 9.17) is 4.74 Å². The number of para-hydroxylation sites is 2. The zero-order valence-electron chi connectivity index (χ0n) is 14.4. The first-order valence-electron chi connectivity index (χ1n) is 7.88. The monoisotopic (exact) mass is 382 g/mol. The van der Waals surface area contributed by atoms with Crippen LogP contribution in [0.2, 0.25) is 0 Å². The summed E-state index contributed by atoms with van der Waals surface area (Å²) >= 11 is 1.11. The molecule has 2 aromatic rings. The number of sulfonamides is 1. The molecular formula is C17H22N2O4S2. The molecule has 8 heteroatoms. The maximum atomic E-state index is 13.1. The minimum absolute atomic E-state index is 0.0311. The second kappa shape index (κ2) is 8.35. The van der Waals surface area contributed by atoms with Crippen molar-refractivity contribution in [2.45, 2.75) is 30.5 Å². The van der Waals surface area contributed by atoms with Crippen LogP contribution in [0.5, 0.6) is 5.75 Å². The maximum Gasteiger partial charge on any atom is 0.274 e. The molecule has 0 aliphatic rings. The number of rotatable bonds is 8. The van der Waals surface area contributed by atoms with Gasteiger partial charge < -0.3 is 10.1 Å². The molecule has 1 amide bonds. The fourth-order valence-electron chi connectivity index (χ4n) is 2.21. The number of nitrogens with zero attached hydrogens (tertiary/aromatic N) is 1. The van der Waals surface area contributed by atoms with Crippen molar-refractivity contribution in [1.82, 2.24) is 5.32 Å². The third kappa shape index (κ3) is 4.52. The highest BCUT2D eigenvalue weighted by atomic mass is 32.2. The fourth-order valence-corrected chi connectivity index (χ4v) is 4.74. The highest BCUT2D eigenvalue weighted by Crippen LogP contribution is 2.33. The summed E-state index contributed by atoms with van der Waals surface area (Å²) < 4.78 is 32.7. The maximum absolute atomic E-state index is 13.1. The molecule has 1 aromatic carbocycles. The van der Waals surface area contributed by atoms with Crippen LogP contribution in [-0.2, 0) is 14.8 Å². The van der Waals surface area contributed by atoms with E-state index in [2.05, 4.69) is 5.32 Å². The number of nitrogens with one attached hydrogen (secondary N) is 1. The molecule has 1 heterocycles. The van der Waals surface area contributed by atoms with E-state index < -0.39 is 10.0 Å². The van der Waals surface area contributed by atoms with Gasteiger partial charge in [-0.1, -0.05) is 25.1 Å². The molecule has 0 unspecified atom stereocenters. The lowest BCUT2D eigenvalue weighted by atomic mass is 10.2. The lowest BCUT2D eigenvalue weighted by molar-refractivity contribution is -0.120. The van der Waals surface area contributed by atoms with Gasteiger partial charge in [-0.05, 0) is 36.9 Å². The number of carbonyl (C=O) groups is 1. The smallest absolute Gasteiger partial charge is 0.274 e. The molecule has 0 radical (unpaired) electrons. The van der Waals surface area contributed by atoms with Gasteiger partial charge in [-0.25, -0.2) is 8.42 Å². The number of thiophene rings is 1. The summed E-state index contributed by atoms with van der Waals surface area (Å²) in [5, 5.41) is 4.49. The van der Waals surface area contributed by atoms with E-state index in [0.717, 1.165) is 22.1 Å². The summed E-state index contributed by atoms with van der Waals surface area (Å²) in [6.07, 6.45) is 0.762. The van der Waals surface area contributed by atoms with Crippen LogP contribution in [0.1, 0.15) is 20.3 Å². The van der Waals surface area contributed by atoms with Gasteiger partial charge in [-0.3, -0.25) is 9.10 Å². The number of carbonyl (C=O) groups excluding carboxylic acids is 1. The van der Waals surface area contributed by atoms with Crippen LogP contribution in [0.4, 0.5) is 5.69 Å². The van der Waals surface area contributed by atoms with Gasteiger partial charge in [0.05, 0.1) is 12.8 Å². The standard InChI is InChI=1S/C17H22N2O4S2/c1-4-13(2)18-16(20)12-19(14-8-5-6-9-15(14)23-3)25(21,22)17-10-7-11-24-17/h5-11,13H,4,12H2,1-3H3,(H,18,20)/t13-/m1/s1. The Hall–Kier alpha value is -2.06. The van der Waals surface area contributed by atoms with E-state index >= 15 is 0 Å². The first kappa shape index (κ1) is 19.3. The predicted octanol–water partition coefficient (Wildman–Crippen LogP) is 2.87. The minimum atomic E-state index is -3.87. The van der Waals surface area contributed by atoms with Gasteiger partial charge >= 0.3 is 0 Å². The van der Waals surface area contributed by atoms with Crippen molar-refractivity contribution < 1.29 is 17.9 Å². The van der Waals surface area contributed by atoms with Crippen LogP contribution in [0.15, 0.2) is 46.0 Å².